The Morgan fingerprint density at radius 3 is 2.48 bits per heavy atom. The van der Waals surface area contributed by atoms with Crippen molar-refractivity contribution in [3.8, 4) is 11.5 Å². The van der Waals surface area contributed by atoms with E-state index in [1.807, 2.05) is 54.6 Å². The van der Waals surface area contributed by atoms with E-state index in [1.54, 1.807) is 0 Å². The fourth-order valence-corrected chi connectivity index (χ4v) is 4.15. The van der Waals surface area contributed by atoms with Crippen LogP contribution in [0, 0.1) is 0 Å². The normalized spacial score (nSPS) is 19.6. The maximum Gasteiger partial charge on any atom is 0.173 e. The number of ketones is 1. The van der Waals surface area contributed by atoms with E-state index in [9.17, 15) is 4.79 Å². The SMILES string of the molecule is CCN1C(=S)NC(c2ccc(Oc3ccccc3)cc2)C2=C1CCCC2=O. The molecule has 0 fully saturated rings. The average molecular weight is 378 g/mol. The summed E-state index contributed by atoms with van der Waals surface area (Å²) in [7, 11) is 0. The molecule has 1 aliphatic carbocycles. The number of hydrogen-bond acceptors (Lipinski definition) is 3. The van der Waals surface area contributed by atoms with E-state index in [4.69, 9.17) is 17.0 Å². The lowest BCUT2D eigenvalue weighted by Gasteiger charge is -2.40. The summed E-state index contributed by atoms with van der Waals surface area (Å²) >= 11 is 5.57. The molecule has 2 aliphatic rings. The van der Waals surface area contributed by atoms with Gasteiger partial charge in [-0.25, -0.2) is 0 Å². The Bertz CT molecular complexity index is 890. The number of ether oxygens (including phenoxy) is 1. The van der Waals surface area contributed by atoms with Gasteiger partial charge >= 0.3 is 0 Å². The van der Waals surface area contributed by atoms with Crippen LogP contribution in [0.15, 0.2) is 65.9 Å². The number of thiocarbonyl (C=S) groups is 1. The molecule has 0 bridgehead atoms. The number of rotatable bonds is 4. The van der Waals surface area contributed by atoms with Crippen LogP contribution in [0.1, 0.15) is 37.8 Å². The van der Waals surface area contributed by atoms with E-state index < -0.39 is 0 Å². The third kappa shape index (κ3) is 3.47. The number of hydrogen-bond donors (Lipinski definition) is 1. The Morgan fingerprint density at radius 1 is 1.07 bits per heavy atom. The van der Waals surface area contributed by atoms with Gasteiger partial charge in [-0.3, -0.25) is 4.79 Å². The molecule has 0 radical (unpaired) electrons. The van der Waals surface area contributed by atoms with E-state index in [-0.39, 0.29) is 11.8 Å². The lowest BCUT2D eigenvalue weighted by molar-refractivity contribution is -0.116. The third-order valence-corrected chi connectivity index (χ3v) is 5.40. The summed E-state index contributed by atoms with van der Waals surface area (Å²) in [4.78, 5) is 14.8. The molecular formula is C22H22N2O2S. The summed E-state index contributed by atoms with van der Waals surface area (Å²) in [5.74, 6) is 1.79. The van der Waals surface area contributed by atoms with Crippen LogP contribution >= 0.6 is 12.2 Å². The van der Waals surface area contributed by atoms with E-state index in [1.165, 1.54) is 0 Å². The van der Waals surface area contributed by atoms with Gasteiger partial charge < -0.3 is 15.0 Å². The fraction of sp³-hybridized carbons (Fsp3) is 0.273. The second kappa shape index (κ2) is 7.53. The van der Waals surface area contributed by atoms with Crippen LogP contribution < -0.4 is 10.1 Å². The van der Waals surface area contributed by atoms with Crippen LogP contribution in [0.4, 0.5) is 0 Å². The largest absolute Gasteiger partial charge is 0.457 e. The minimum Gasteiger partial charge on any atom is -0.457 e. The van der Waals surface area contributed by atoms with Crippen molar-refractivity contribution in [1.29, 1.82) is 0 Å². The first-order valence-corrected chi connectivity index (χ1v) is 9.75. The minimum absolute atomic E-state index is 0.186. The Balaban J connectivity index is 1.64. The quantitative estimate of drug-likeness (QED) is 0.779. The number of carbonyl (C=O) groups is 1. The molecule has 1 atom stereocenters. The zero-order chi connectivity index (χ0) is 18.8. The zero-order valence-electron chi connectivity index (χ0n) is 15.3. The predicted molar refractivity (Wildman–Crippen MR) is 110 cm³/mol. The van der Waals surface area contributed by atoms with Crippen LogP contribution in [0.25, 0.3) is 0 Å². The lowest BCUT2D eigenvalue weighted by Crippen LogP contribution is -2.49. The van der Waals surface area contributed by atoms with Gasteiger partial charge in [0.25, 0.3) is 0 Å². The van der Waals surface area contributed by atoms with Gasteiger partial charge in [0, 0.05) is 24.2 Å². The monoisotopic (exact) mass is 378 g/mol. The third-order valence-electron chi connectivity index (χ3n) is 5.06. The van der Waals surface area contributed by atoms with E-state index in [2.05, 4.69) is 17.1 Å². The van der Waals surface area contributed by atoms with Gasteiger partial charge in [-0.1, -0.05) is 30.3 Å². The average Bonchev–Trinajstić information content (AvgIpc) is 2.69. The molecule has 2 aromatic carbocycles. The van der Waals surface area contributed by atoms with Crippen molar-refractivity contribution in [2.24, 2.45) is 0 Å². The Morgan fingerprint density at radius 2 is 1.78 bits per heavy atom. The van der Waals surface area contributed by atoms with Crippen molar-refractivity contribution in [1.82, 2.24) is 10.2 Å². The number of para-hydroxylation sites is 1. The molecule has 4 nitrogen and oxygen atoms in total. The Kier molecular flexibility index (Phi) is 4.94. The predicted octanol–water partition coefficient (Wildman–Crippen LogP) is 4.74. The topological polar surface area (TPSA) is 41.6 Å². The van der Waals surface area contributed by atoms with Gasteiger partial charge in [-0.15, -0.1) is 0 Å². The van der Waals surface area contributed by atoms with Gasteiger partial charge in [-0.2, -0.15) is 0 Å². The van der Waals surface area contributed by atoms with Gasteiger partial charge in [0.05, 0.1) is 6.04 Å². The van der Waals surface area contributed by atoms with Crippen molar-refractivity contribution in [2.75, 3.05) is 6.54 Å². The highest BCUT2D eigenvalue weighted by molar-refractivity contribution is 7.80. The minimum atomic E-state index is -0.186. The van der Waals surface area contributed by atoms with Crippen molar-refractivity contribution in [3.05, 3.63) is 71.4 Å². The molecule has 5 heteroatoms. The highest BCUT2D eigenvalue weighted by Gasteiger charge is 2.36. The number of benzene rings is 2. The number of nitrogens with zero attached hydrogens (tertiary/aromatic N) is 1. The highest BCUT2D eigenvalue weighted by Crippen LogP contribution is 2.37. The van der Waals surface area contributed by atoms with Crippen molar-refractivity contribution >= 4 is 23.1 Å². The molecule has 0 aromatic heterocycles. The Labute approximate surface area is 164 Å². The number of nitrogens with one attached hydrogen (secondary N) is 1. The van der Waals surface area contributed by atoms with Crippen molar-refractivity contribution < 1.29 is 9.53 Å². The summed E-state index contributed by atoms with van der Waals surface area (Å²) < 4.78 is 5.87. The first kappa shape index (κ1) is 17.7. The van der Waals surface area contributed by atoms with Crippen molar-refractivity contribution in [2.45, 2.75) is 32.2 Å². The molecule has 0 spiro atoms. The second-order valence-electron chi connectivity index (χ2n) is 6.75. The fourth-order valence-electron chi connectivity index (χ4n) is 3.79. The molecule has 0 saturated carbocycles. The summed E-state index contributed by atoms with van der Waals surface area (Å²) in [6.07, 6.45) is 2.41. The second-order valence-corrected chi connectivity index (χ2v) is 7.13. The summed E-state index contributed by atoms with van der Waals surface area (Å²) in [5.41, 5.74) is 2.98. The lowest BCUT2D eigenvalue weighted by atomic mass is 9.85. The summed E-state index contributed by atoms with van der Waals surface area (Å²) in [6.45, 7) is 2.84. The molecule has 1 unspecified atom stereocenters. The molecule has 2 aromatic rings. The van der Waals surface area contributed by atoms with Crippen LogP contribution in [0.5, 0.6) is 11.5 Å². The molecule has 1 N–H and O–H groups in total. The summed E-state index contributed by atoms with van der Waals surface area (Å²) in [6, 6.07) is 17.4. The summed E-state index contributed by atoms with van der Waals surface area (Å²) in [5, 5.41) is 4.07. The molecule has 138 valence electrons. The van der Waals surface area contributed by atoms with Gasteiger partial charge in [-0.05, 0) is 61.8 Å². The smallest absolute Gasteiger partial charge is 0.173 e. The van der Waals surface area contributed by atoms with Gasteiger partial charge in [0.15, 0.2) is 10.9 Å². The molecule has 27 heavy (non-hydrogen) atoms. The van der Waals surface area contributed by atoms with Crippen LogP contribution in [0.3, 0.4) is 0 Å². The van der Waals surface area contributed by atoms with E-state index in [0.29, 0.717) is 11.5 Å². The van der Waals surface area contributed by atoms with Crippen LogP contribution in [0.2, 0.25) is 0 Å². The van der Waals surface area contributed by atoms with E-state index in [0.717, 1.165) is 47.7 Å². The van der Waals surface area contributed by atoms with E-state index >= 15 is 0 Å². The number of Topliss-reactive ketones (excluding diaryl/α,β-unsaturated/α-hetero) is 1. The standard InChI is InChI=1S/C22H22N2O2S/c1-2-24-18-9-6-10-19(25)20(18)21(23-22(24)27)15-11-13-17(14-12-15)26-16-7-4-3-5-8-16/h3-5,7-8,11-14,21H,2,6,9-10H2,1H3,(H,23,27). The number of carbonyl (C=O) groups excluding carboxylic acids is 1. The molecule has 0 amide bonds. The van der Waals surface area contributed by atoms with Crippen molar-refractivity contribution in [3.63, 3.8) is 0 Å². The molecular weight excluding hydrogens is 356 g/mol. The maximum atomic E-state index is 12.7. The molecule has 1 heterocycles. The van der Waals surface area contributed by atoms with Crippen LogP contribution in [-0.2, 0) is 4.79 Å². The highest BCUT2D eigenvalue weighted by atomic mass is 32.1. The first-order chi connectivity index (χ1) is 13.2. The molecule has 4 rings (SSSR count). The molecule has 1 aliphatic heterocycles. The first-order valence-electron chi connectivity index (χ1n) is 9.34. The van der Waals surface area contributed by atoms with Crippen LogP contribution in [-0.4, -0.2) is 22.3 Å². The maximum absolute atomic E-state index is 12.7. The van der Waals surface area contributed by atoms with Gasteiger partial charge in [0.1, 0.15) is 11.5 Å². The van der Waals surface area contributed by atoms with Gasteiger partial charge in [0.2, 0.25) is 0 Å². The zero-order valence-corrected chi connectivity index (χ0v) is 16.1. The molecule has 0 saturated heterocycles. The number of allylic oxidation sites excluding steroid dienone is 1. The Hall–Kier alpha value is -2.66.